The van der Waals surface area contributed by atoms with E-state index in [1.165, 1.54) is 0 Å². The maximum Gasteiger partial charge on any atom is 0.308 e. The number of carbonyl (C=O) groups excluding carboxylic acids is 2. The molecule has 1 atom stereocenters. The first kappa shape index (κ1) is 23.3. The maximum absolute atomic E-state index is 13.0. The maximum atomic E-state index is 13.0. The third-order valence-electron chi connectivity index (χ3n) is 5.33. The number of aryl methyl sites for hydroxylation is 2. The van der Waals surface area contributed by atoms with Crippen molar-refractivity contribution in [3.8, 4) is 5.69 Å². The highest BCUT2D eigenvalue weighted by Crippen LogP contribution is 2.21. The van der Waals surface area contributed by atoms with E-state index in [0.717, 1.165) is 33.8 Å². The topological polar surface area (TPSA) is 73.2 Å². The fourth-order valence-electron chi connectivity index (χ4n) is 3.69. The van der Waals surface area contributed by atoms with Crippen LogP contribution < -0.4 is 5.32 Å². The summed E-state index contributed by atoms with van der Waals surface area (Å²) in [6, 6.07) is 17.2. The van der Waals surface area contributed by atoms with Crippen molar-refractivity contribution in [1.82, 2.24) is 15.1 Å². The largest absolute Gasteiger partial charge is 0.463 e. The van der Waals surface area contributed by atoms with E-state index in [4.69, 9.17) is 4.74 Å². The van der Waals surface area contributed by atoms with Crippen LogP contribution in [0.25, 0.3) is 5.69 Å². The first-order chi connectivity index (χ1) is 15.2. The fraction of sp³-hybridized carbons (Fsp3) is 0.346. The van der Waals surface area contributed by atoms with Gasteiger partial charge in [-0.3, -0.25) is 9.59 Å². The summed E-state index contributed by atoms with van der Waals surface area (Å²) in [6.45, 7) is 9.50. The lowest BCUT2D eigenvalue weighted by atomic mass is 10.0. The Hall–Kier alpha value is -3.41. The first-order valence-corrected chi connectivity index (χ1v) is 10.9. The van der Waals surface area contributed by atoms with E-state index in [-0.39, 0.29) is 30.8 Å². The van der Waals surface area contributed by atoms with Crippen LogP contribution >= 0.6 is 0 Å². The number of carbonyl (C=O) groups is 2. The van der Waals surface area contributed by atoms with Crippen LogP contribution in [0.1, 0.15) is 54.4 Å². The van der Waals surface area contributed by atoms with E-state index in [1.54, 1.807) is 0 Å². The molecule has 168 valence electrons. The number of hydrogen-bond acceptors (Lipinski definition) is 4. The van der Waals surface area contributed by atoms with Crippen molar-refractivity contribution in [3.05, 3.63) is 82.7 Å². The van der Waals surface area contributed by atoms with Gasteiger partial charge in [0.15, 0.2) is 0 Å². The molecule has 6 nitrogen and oxygen atoms in total. The Kier molecular flexibility index (Phi) is 7.46. The molecule has 1 amide bonds. The number of aromatic nitrogens is 2. The minimum atomic E-state index is -0.459. The molecule has 3 aromatic rings. The number of para-hydroxylation sites is 1. The Morgan fingerprint density at radius 3 is 2.28 bits per heavy atom. The summed E-state index contributed by atoms with van der Waals surface area (Å²) in [7, 11) is 0. The van der Waals surface area contributed by atoms with Crippen LogP contribution in [0.3, 0.4) is 0 Å². The predicted octanol–water partition coefficient (Wildman–Crippen LogP) is 4.54. The molecule has 32 heavy (non-hydrogen) atoms. The standard InChI is InChI=1S/C26H31N3O3/c1-17(2)32-26(31)16-24(21-13-11-18(3)12-14-21)27-25(30)15-23-19(4)28-29(20(23)5)22-9-7-6-8-10-22/h6-14,17,24H,15-16H2,1-5H3,(H,27,30). The molecular weight excluding hydrogens is 402 g/mol. The smallest absolute Gasteiger partial charge is 0.308 e. The molecule has 0 radical (unpaired) electrons. The number of benzene rings is 2. The molecule has 1 aromatic heterocycles. The van der Waals surface area contributed by atoms with E-state index in [9.17, 15) is 9.59 Å². The van der Waals surface area contributed by atoms with Crippen LogP contribution in [0.2, 0.25) is 0 Å². The molecule has 0 spiro atoms. The summed E-state index contributed by atoms with van der Waals surface area (Å²) in [5.41, 5.74) is 5.57. The monoisotopic (exact) mass is 433 g/mol. The zero-order valence-electron chi connectivity index (χ0n) is 19.4. The molecule has 2 aromatic carbocycles. The summed E-state index contributed by atoms with van der Waals surface area (Å²) in [4.78, 5) is 25.3. The average Bonchev–Trinajstić information content (AvgIpc) is 3.02. The SMILES string of the molecule is Cc1ccc(C(CC(=O)OC(C)C)NC(=O)Cc2c(C)nn(-c3ccccc3)c2C)cc1. The van der Waals surface area contributed by atoms with Gasteiger partial charge in [-0.15, -0.1) is 0 Å². The lowest BCUT2D eigenvalue weighted by Crippen LogP contribution is -2.32. The average molecular weight is 434 g/mol. The highest BCUT2D eigenvalue weighted by molar-refractivity contribution is 5.80. The number of nitrogens with one attached hydrogen (secondary N) is 1. The van der Waals surface area contributed by atoms with Gasteiger partial charge in [-0.25, -0.2) is 4.68 Å². The van der Waals surface area contributed by atoms with Crippen molar-refractivity contribution in [2.45, 2.75) is 59.6 Å². The number of amides is 1. The first-order valence-electron chi connectivity index (χ1n) is 10.9. The molecule has 0 saturated carbocycles. The van der Waals surface area contributed by atoms with Gasteiger partial charge in [-0.05, 0) is 52.3 Å². The minimum Gasteiger partial charge on any atom is -0.463 e. The second-order valence-corrected chi connectivity index (χ2v) is 8.35. The van der Waals surface area contributed by atoms with Crippen molar-refractivity contribution in [2.75, 3.05) is 0 Å². The molecule has 0 aliphatic rings. The van der Waals surface area contributed by atoms with Crippen molar-refractivity contribution >= 4 is 11.9 Å². The molecule has 0 bridgehead atoms. The van der Waals surface area contributed by atoms with Gasteiger partial charge in [-0.2, -0.15) is 5.10 Å². The van der Waals surface area contributed by atoms with Crippen LogP contribution in [0.5, 0.6) is 0 Å². The molecular formula is C26H31N3O3. The van der Waals surface area contributed by atoms with Crippen molar-refractivity contribution in [3.63, 3.8) is 0 Å². The Balaban J connectivity index is 1.78. The number of esters is 1. The van der Waals surface area contributed by atoms with Gasteiger partial charge < -0.3 is 10.1 Å². The summed E-state index contributed by atoms with van der Waals surface area (Å²) in [6.07, 6.45) is 0.0614. The summed E-state index contributed by atoms with van der Waals surface area (Å²) < 4.78 is 7.17. The zero-order valence-corrected chi connectivity index (χ0v) is 19.4. The summed E-state index contributed by atoms with van der Waals surface area (Å²) in [5, 5.41) is 7.66. The third-order valence-corrected chi connectivity index (χ3v) is 5.33. The Labute approximate surface area is 189 Å². The zero-order chi connectivity index (χ0) is 23.3. The number of nitrogens with zero attached hydrogens (tertiary/aromatic N) is 2. The number of ether oxygens (including phenoxy) is 1. The molecule has 3 rings (SSSR count). The quantitative estimate of drug-likeness (QED) is 0.530. The molecule has 0 aliphatic heterocycles. The Morgan fingerprint density at radius 1 is 1.00 bits per heavy atom. The fourth-order valence-corrected chi connectivity index (χ4v) is 3.69. The molecule has 1 heterocycles. The van der Waals surface area contributed by atoms with E-state index in [2.05, 4.69) is 10.4 Å². The van der Waals surface area contributed by atoms with Crippen LogP contribution in [0.15, 0.2) is 54.6 Å². The lowest BCUT2D eigenvalue weighted by molar-refractivity contribution is -0.148. The van der Waals surface area contributed by atoms with E-state index < -0.39 is 6.04 Å². The predicted molar refractivity (Wildman–Crippen MR) is 125 cm³/mol. The van der Waals surface area contributed by atoms with Gasteiger partial charge in [0.25, 0.3) is 0 Å². The second-order valence-electron chi connectivity index (χ2n) is 8.35. The van der Waals surface area contributed by atoms with Gasteiger partial charge in [0.2, 0.25) is 5.91 Å². The number of hydrogen-bond donors (Lipinski definition) is 1. The van der Waals surface area contributed by atoms with E-state index >= 15 is 0 Å². The Bertz CT molecular complexity index is 1070. The highest BCUT2D eigenvalue weighted by Gasteiger charge is 2.22. The number of rotatable bonds is 8. The summed E-state index contributed by atoms with van der Waals surface area (Å²) in [5.74, 6) is -0.498. The minimum absolute atomic E-state index is 0.0776. The molecule has 0 fully saturated rings. The molecule has 0 saturated heterocycles. The third kappa shape index (κ3) is 5.84. The van der Waals surface area contributed by atoms with Gasteiger partial charge >= 0.3 is 5.97 Å². The van der Waals surface area contributed by atoms with Gasteiger partial charge in [-0.1, -0.05) is 48.0 Å². The highest BCUT2D eigenvalue weighted by atomic mass is 16.5. The van der Waals surface area contributed by atoms with Crippen LogP contribution in [0, 0.1) is 20.8 Å². The van der Waals surface area contributed by atoms with Crippen molar-refractivity contribution < 1.29 is 14.3 Å². The molecule has 0 aliphatic carbocycles. The van der Waals surface area contributed by atoms with Crippen LogP contribution in [-0.2, 0) is 20.7 Å². The van der Waals surface area contributed by atoms with Crippen LogP contribution in [-0.4, -0.2) is 27.8 Å². The van der Waals surface area contributed by atoms with Gasteiger partial charge in [0.1, 0.15) is 0 Å². The van der Waals surface area contributed by atoms with Gasteiger partial charge in [0, 0.05) is 11.3 Å². The second kappa shape index (κ2) is 10.3. The molecule has 1 N–H and O–H groups in total. The van der Waals surface area contributed by atoms with Gasteiger partial charge in [0.05, 0.1) is 36.4 Å². The van der Waals surface area contributed by atoms with E-state index in [1.807, 2.05) is 93.9 Å². The Morgan fingerprint density at radius 2 is 1.66 bits per heavy atom. The van der Waals surface area contributed by atoms with Crippen molar-refractivity contribution in [1.29, 1.82) is 0 Å². The lowest BCUT2D eigenvalue weighted by Gasteiger charge is -2.20. The van der Waals surface area contributed by atoms with Crippen molar-refractivity contribution in [2.24, 2.45) is 0 Å². The normalized spacial score (nSPS) is 11.9. The molecule has 1 unspecified atom stereocenters. The van der Waals surface area contributed by atoms with E-state index in [0.29, 0.717) is 0 Å². The van der Waals surface area contributed by atoms with Crippen LogP contribution in [0.4, 0.5) is 0 Å². The summed E-state index contributed by atoms with van der Waals surface area (Å²) >= 11 is 0. The molecule has 6 heteroatoms.